The van der Waals surface area contributed by atoms with Crippen molar-refractivity contribution in [2.24, 2.45) is 0 Å². The van der Waals surface area contributed by atoms with E-state index in [9.17, 15) is 19.2 Å². The Morgan fingerprint density at radius 3 is 2.38 bits per heavy atom. The molecule has 2 aromatic rings. The number of anilines is 1. The van der Waals surface area contributed by atoms with Crippen LogP contribution in [-0.2, 0) is 27.3 Å². The Kier molecular flexibility index (Phi) is 9.70. The van der Waals surface area contributed by atoms with Crippen molar-refractivity contribution < 1.29 is 43.2 Å². The van der Waals surface area contributed by atoms with Crippen LogP contribution in [0.15, 0.2) is 35.9 Å². The molecule has 0 aromatic heterocycles. The number of benzene rings is 2. The molecule has 1 aliphatic heterocycles. The van der Waals surface area contributed by atoms with Crippen LogP contribution in [0.2, 0.25) is 0 Å². The number of carboxylic acids is 1. The molecule has 0 spiro atoms. The molecule has 0 radical (unpaired) electrons. The molecule has 1 aliphatic rings. The van der Waals surface area contributed by atoms with Gasteiger partial charge in [-0.15, -0.1) is 0 Å². The summed E-state index contributed by atoms with van der Waals surface area (Å²) in [5.41, 5.74) is 3.59. The van der Waals surface area contributed by atoms with Crippen LogP contribution in [0.25, 0.3) is 0 Å². The van der Waals surface area contributed by atoms with Gasteiger partial charge in [-0.2, -0.15) is 0 Å². The Bertz CT molecular complexity index is 1300. The van der Waals surface area contributed by atoms with Crippen LogP contribution in [-0.4, -0.2) is 49.4 Å². The third kappa shape index (κ3) is 6.57. The zero-order valence-electron chi connectivity index (χ0n) is 22.8. The zero-order chi connectivity index (χ0) is 28.7. The second kappa shape index (κ2) is 12.9. The van der Waals surface area contributed by atoms with Gasteiger partial charge in [0.05, 0.1) is 19.3 Å². The molecule has 10 nitrogen and oxygen atoms in total. The molecule has 0 atom stereocenters. The second-order valence-electron chi connectivity index (χ2n) is 8.92. The molecule has 208 valence electrons. The summed E-state index contributed by atoms with van der Waals surface area (Å²) in [5, 5.41) is 9.00. The summed E-state index contributed by atoms with van der Waals surface area (Å²) in [4.78, 5) is 50.6. The molecular weight excluding hydrogens is 506 g/mol. The molecule has 0 saturated heterocycles. The van der Waals surface area contributed by atoms with Crippen molar-refractivity contribution >= 4 is 29.7 Å². The number of amides is 1. The number of carboxylic acid groups (broad SMARTS) is 1. The average molecular weight is 540 g/mol. The first-order valence-electron chi connectivity index (χ1n) is 12.7. The minimum Gasteiger partial charge on any atom is -0.496 e. The van der Waals surface area contributed by atoms with Gasteiger partial charge in [0.25, 0.3) is 0 Å². The van der Waals surface area contributed by atoms with Gasteiger partial charge in [0, 0.05) is 29.8 Å². The molecule has 0 bridgehead atoms. The number of ether oxygens (including phenoxy) is 4. The van der Waals surface area contributed by atoms with Gasteiger partial charge in [-0.3, -0.25) is 9.69 Å². The average Bonchev–Trinajstić information content (AvgIpc) is 3.30. The molecule has 3 rings (SSSR count). The predicted octanol–water partition coefficient (Wildman–Crippen LogP) is 5.23. The highest BCUT2D eigenvalue weighted by molar-refractivity contribution is 6.00. The first kappa shape index (κ1) is 29.2. The van der Waals surface area contributed by atoms with Gasteiger partial charge in [-0.05, 0) is 70.4 Å². The van der Waals surface area contributed by atoms with E-state index in [0.717, 1.165) is 5.57 Å². The lowest BCUT2D eigenvalue weighted by molar-refractivity contribution is -0.136. The number of fused-ring (bicyclic) bond motifs is 1. The Morgan fingerprint density at radius 1 is 1.10 bits per heavy atom. The first-order valence-corrected chi connectivity index (χ1v) is 12.7. The number of aliphatic carboxylic acids is 1. The van der Waals surface area contributed by atoms with E-state index in [0.29, 0.717) is 40.1 Å². The highest BCUT2D eigenvalue weighted by Gasteiger charge is 2.35. The summed E-state index contributed by atoms with van der Waals surface area (Å²) < 4.78 is 21.9. The fraction of sp³-hybridized carbons (Fsp3) is 0.379. The fourth-order valence-corrected chi connectivity index (χ4v) is 4.36. The molecule has 0 fully saturated rings. The maximum Gasteiger partial charge on any atom is 0.419 e. The molecular formula is C29H33NO9. The highest BCUT2D eigenvalue weighted by atomic mass is 16.6. The number of allylic oxidation sites excluding steroid dienone is 2. The van der Waals surface area contributed by atoms with Crippen LogP contribution in [0.1, 0.15) is 71.0 Å². The minimum absolute atomic E-state index is 0.0166. The summed E-state index contributed by atoms with van der Waals surface area (Å²) in [6.45, 7) is 7.63. The third-order valence-corrected chi connectivity index (χ3v) is 6.43. The lowest BCUT2D eigenvalue weighted by atomic mass is 9.94. The first-order chi connectivity index (χ1) is 18.6. The van der Waals surface area contributed by atoms with E-state index in [-0.39, 0.29) is 43.9 Å². The number of hydrogen-bond acceptors (Lipinski definition) is 8. The second-order valence-corrected chi connectivity index (χ2v) is 8.92. The van der Waals surface area contributed by atoms with E-state index in [2.05, 4.69) is 0 Å². The van der Waals surface area contributed by atoms with Crippen molar-refractivity contribution in [3.05, 3.63) is 63.7 Å². The number of carbonyl (C=O) groups is 4. The molecule has 0 aliphatic carbocycles. The Balaban J connectivity index is 2.00. The number of cyclic esters (lactones) is 1. The number of esters is 2. The normalized spacial score (nSPS) is 12.4. The molecule has 0 unspecified atom stereocenters. The molecule has 1 heterocycles. The summed E-state index contributed by atoms with van der Waals surface area (Å²) >= 11 is 0. The summed E-state index contributed by atoms with van der Waals surface area (Å²) in [7, 11) is 1.49. The SMILES string of the molecule is CCOC(=O)c1ccc(N(CC)C(=O)Oc2c(C/C=C(\C)CCC(=O)O)c(OC)c(C)c3c2C(=O)OC3)cc1. The van der Waals surface area contributed by atoms with Gasteiger partial charge < -0.3 is 24.1 Å². The van der Waals surface area contributed by atoms with Gasteiger partial charge in [0.2, 0.25) is 0 Å². The van der Waals surface area contributed by atoms with E-state index in [1.165, 1.54) is 12.0 Å². The Hall–Kier alpha value is -4.34. The fourth-order valence-electron chi connectivity index (χ4n) is 4.36. The van der Waals surface area contributed by atoms with Crippen molar-refractivity contribution in [3.8, 4) is 11.5 Å². The van der Waals surface area contributed by atoms with E-state index in [1.807, 2.05) is 13.0 Å². The van der Waals surface area contributed by atoms with Crippen LogP contribution >= 0.6 is 0 Å². The van der Waals surface area contributed by atoms with Crippen molar-refractivity contribution in [3.63, 3.8) is 0 Å². The Labute approximate surface area is 227 Å². The van der Waals surface area contributed by atoms with Crippen molar-refractivity contribution in [2.45, 2.75) is 53.6 Å². The standard InChI is InChI=1S/C29H33NO9/c1-6-30(20-12-10-19(11-13-20)27(33)37-7-2)29(35)39-26-21(14-8-17(3)9-15-23(31)32)25(36-5)18(4)22-16-38-28(34)24(22)26/h8,10-13H,6-7,9,14-16H2,1-5H3,(H,31,32)/b17-8+. The van der Waals surface area contributed by atoms with Gasteiger partial charge in [0.15, 0.2) is 5.75 Å². The van der Waals surface area contributed by atoms with Crippen LogP contribution in [0, 0.1) is 6.92 Å². The van der Waals surface area contributed by atoms with E-state index in [4.69, 9.17) is 24.1 Å². The number of hydrogen-bond donors (Lipinski definition) is 1. The van der Waals surface area contributed by atoms with Crippen molar-refractivity contribution in [2.75, 3.05) is 25.2 Å². The highest BCUT2D eigenvalue weighted by Crippen LogP contribution is 2.43. The molecule has 1 N–H and O–H groups in total. The lowest BCUT2D eigenvalue weighted by Gasteiger charge is -2.23. The summed E-state index contributed by atoms with van der Waals surface area (Å²) in [6, 6.07) is 6.34. The predicted molar refractivity (Wildman–Crippen MR) is 143 cm³/mol. The number of carbonyl (C=O) groups excluding carboxylic acids is 3. The van der Waals surface area contributed by atoms with E-state index >= 15 is 0 Å². The third-order valence-electron chi connectivity index (χ3n) is 6.43. The quantitative estimate of drug-likeness (QED) is 0.301. The maximum absolute atomic E-state index is 13.5. The number of nitrogens with zero attached hydrogens (tertiary/aromatic N) is 1. The number of methoxy groups -OCH3 is 1. The molecule has 1 amide bonds. The Morgan fingerprint density at radius 2 is 1.79 bits per heavy atom. The minimum atomic E-state index is -0.902. The molecule has 2 aromatic carbocycles. The van der Waals surface area contributed by atoms with Crippen LogP contribution < -0.4 is 14.4 Å². The maximum atomic E-state index is 13.5. The number of rotatable bonds is 11. The largest absolute Gasteiger partial charge is 0.496 e. The van der Waals surface area contributed by atoms with Gasteiger partial charge in [-0.25, -0.2) is 14.4 Å². The van der Waals surface area contributed by atoms with E-state index < -0.39 is 24.0 Å². The monoisotopic (exact) mass is 539 g/mol. The van der Waals surface area contributed by atoms with Crippen LogP contribution in [0.3, 0.4) is 0 Å². The molecule has 39 heavy (non-hydrogen) atoms. The van der Waals surface area contributed by atoms with Gasteiger partial charge in [-0.1, -0.05) is 11.6 Å². The summed E-state index contributed by atoms with van der Waals surface area (Å²) in [5.74, 6) is -1.47. The smallest absolute Gasteiger partial charge is 0.419 e. The topological polar surface area (TPSA) is 129 Å². The van der Waals surface area contributed by atoms with Gasteiger partial charge in [0.1, 0.15) is 17.9 Å². The van der Waals surface area contributed by atoms with Crippen LogP contribution in [0.5, 0.6) is 11.5 Å². The van der Waals surface area contributed by atoms with E-state index in [1.54, 1.807) is 45.0 Å². The molecule has 10 heteroatoms. The van der Waals surface area contributed by atoms with Crippen molar-refractivity contribution in [1.82, 2.24) is 0 Å². The van der Waals surface area contributed by atoms with Crippen molar-refractivity contribution in [1.29, 1.82) is 0 Å². The molecule has 0 saturated carbocycles. The van der Waals surface area contributed by atoms with Crippen LogP contribution in [0.4, 0.5) is 10.5 Å². The lowest BCUT2D eigenvalue weighted by Crippen LogP contribution is -2.34. The zero-order valence-corrected chi connectivity index (χ0v) is 22.8. The van der Waals surface area contributed by atoms with Gasteiger partial charge >= 0.3 is 24.0 Å². The summed E-state index contributed by atoms with van der Waals surface area (Å²) in [6.07, 6.45) is 1.66.